The average Bonchev–Trinajstić information content (AvgIpc) is 2.80. The fourth-order valence-electron chi connectivity index (χ4n) is 4.64. The summed E-state index contributed by atoms with van der Waals surface area (Å²) in [6, 6.07) is 19.9. The number of hydrogen-bond donors (Lipinski definition) is 0. The summed E-state index contributed by atoms with van der Waals surface area (Å²) in [5.41, 5.74) is 0.618. The Labute approximate surface area is 188 Å². The molecule has 1 aliphatic heterocycles. The molecule has 0 aromatic heterocycles. The van der Waals surface area contributed by atoms with Gasteiger partial charge in [0, 0.05) is 0 Å². The Hall–Kier alpha value is -2.69. The van der Waals surface area contributed by atoms with Crippen molar-refractivity contribution in [2.45, 2.75) is 45.8 Å². The molecule has 1 heterocycles. The van der Waals surface area contributed by atoms with E-state index < -0.39 is 11.2 Å². The molecule has 4 aromatic carbocycles. The molecule has 0 atom stereocenters. The molecule has 5 rings (SSSR count). The molecule has 0 N–H and O–H groups in total. The van der Waals surface area contributed by atoms with Crippen LogP contribution in [0.4, 0.5) is 0 Å². The summed E-state index contributed by atoms with van der Waals surface area (Å²) in [5, 5.41) is 7.91. The van der Waals surface area contributed by atoms with Gasteiger partial charge in [-0.25, -0.2) is 0 Å². The van der Waals surface area contributed by atoms with Crippen molar-refractivity contribution in [2.24, 2.45) is 5.41 Å². The van der Waals surface area contributed by atoms with Crippen LogP contribution < -0.4 is 0 Å². The lowest BCUT2D eigenvalue weighted by atomic mass is 9.90. The zero-order valence-electron chi connectivity index (χ0n) is 19.1. The molecule has 4 nitrogen and oxygen atoms in total. The third-order valence-electron chi connectivity index (χ3n) is 6.66. The first kappa shape index (κ1) is 21.2. The molecule has 166 valence electrons. The second-order valence-electron chi connectivity index (χ2n) is 9.71. The topological polar surface area (TPSA) is 44.8 Å². The number of ether oxygens (including phenoxy) is 3. The number of benzene rings is 4. The van der Waals surface area contributed by atoms with E-state index in [0.29, 0.717) is 19.8 Å². The van der Waals surface area contributed by atoms with Gasteiger partial charge in [-0.2, -0.15) is 0 Å². The summed E-state index contributed by atoms with van der Waals surface area (Å²) in [6.07, 6.45) is 2.76. The van der Waals surface area contributed by atoms with Crippen LogP contribution in [0.3, 0.4) is 0 Å². The first-order valence-electron chi connectivity index (χ1n) is 11.5. The minimum atomic E-state index is -0.735. The van der Waals surface area contributed by atoms with Crippen molar-refractivity contribution < 1.29 is 19.0 Å². The molecule has 1 saturated heterocycles. The number of carbonyl (C=O) groups is 1. The normalized spacial score (nSPS) is 17.8. The fourth-order valence-corrected chi connectivity index (χ4v) is 4.64. The summed E-state index contributed by atoms with van der Waals surface area (Å²) in [6.45, 7) is 6.62. The summed E-state index contributed by atoms with van der Waals surface area (Å²) >= 11 is 0. The van der Waals surface area contributed by atoms with Crippen LogP contribution in [0.5, 0.6) is 0 Å². The molecular weight excluding hydrogens is 400 g/mol. The quantitative estimate of drug-likeness (QED) is 0.206. The van der Waals surface area contributed by atoms with E-state index in [9.17, 15) is 4.79 Å². The molecule has 1 aliphatic rings. The van der Waals surface area contributed by atoms with E-state index in [4.69, 9.17) is 14.2 Å². The lowest BCUT2D eigenvalue weighted by Gasteiger charge is -2.39. The number of rotatable bonds is 6. The Morgan fingerprint density at radius 3 is 2.19 bits per heavy atom. The van der Waals surface area contributed by atoms with Crippen LogP contribution >= 0.6 is 0 Å². The van der Waals surface area contributed by atoms with Crippen LogP contribution in [-0.4, -0.2) is 31.6 Å². The number of hydrogen-bond acceptors (Lipinski definition) is 4. The van der Waals surface area contributed by atoms with Gasteiger partial charge in [-0.15, -0.1) is 0 Å². The number of aryl methyl sites for hydroxylation is 1. The van der Waals surface area contributed by atoms with Crippen LogP contribution in [0.25, 0.3) is 32.3 Å². The van der Waals surface area contributed by atoms with E-state index in [1.54, 1.807) is 0 Å². The van der Waals surface area contributed by atoms with Crippen LogP contribution in [0.1, 0.15) is 39.2 Å². The predicted molar refractivity (Wildman–Crippen MR) is 128 cm³/mol. The molecule has 0 spiro atoms. The van der Waals surface area contributed by atoms with Crippen molar-refractivity contribution in [1.82, 2.24) is 0 Å². The van der Waals surface area contributed by atoms with Gasteiger partial charge in [0.05, 0.1) is 19.8 Å². The maximum atomic E-state index is 12.6. The molecular formula is C28H30O4. The van der Waals surface area contributed by atoms with Crippen LogP contribution in [0.2, 0.25) is 0 Å². The molecule has 1 fully saturated rings. The van der Waals surface area contributed by atoms with Crippen LogP contribution in [-0.2, 0) is 25.4 Å². The second-order valence-corrected chi connectivity index (χ2v) is 9.71. The average molecular weight is 431 g/mol. The van der Waals surface area contributed by atoms with E-state index >= 15 is 0 Å². The zero-order chi connectivity index (χ0) is 22.3. The number of esters is 1. The Morgan fingerprint density at radius 1 is 0.844 bits per heavy atom. The lowest BCUT2D eigenvalue weighted by molar-refractivity contribution is -0.281. The van der Waals surface area contributed by atoms with E-state index in [0.717, 1.165) is 19.3 Å². The molecule has 0 radical (unpaired) electrons. The van der Waals surface area contributed by atoms with Crippen molar-refractivity contribution in [3.63, 3.8) is 0 Å². The SMILES string of the molecule is CC1(C)OCC(C)(C(=O)OCCCCc2ccc3ccc4cccc5ccc2c3c45)CO1. The molecule has 0 bridgehead atoms. The summed E-state index contributed by atoms with van der Waals surface area (Å²) < 4.78 is 16.9. The van der Waals surface area contributed by atoms with Gasteiger partial charge in [-0.05, 0) is 77.9 Å². The maximum absolute atomic E-state index is 12.6. The van der Waals surface area contributed by atoms with Crippen molar-refractivity contribution in [3.8, 4) is 0 Å². The molecule has 0 aliphatic carbocycles. The first-order chi connectivity index (χ1) is 15.4. The van der Waals surface area contributed by atoms with Gasteiger partial charge in [-0.3, -0.25) is 4.79 Å². The van der Waals surface area contributed by atoms with Crippen LogP contribution in [0, 0.1) is 5.41 Å². The van der Waals surface area contributed by atoms with Crippen molar-refractivity contribution in [1.29, 1.82) is 0 Å². The van der Waals surface area contributed by atoms with Crippen molar-refractivity contribution in [2.75, 3.05) is 19.8 Å². The molecule has 0 unspecified atom stereocenters. The molecule has 0 saturated carbocycles. The Bertz CT molecular complexity index is 1250. The molecule has 4 aromatic rings. The number of carbonyl (C=O) groups excluding carboxylic acids is 1. The van der Waals surface area contributed by atoms with Crippen molar-refractivity contribution >= 4 is 38.3 Å². The smallest absolute Gasteiger partial charge is 0.316 e. The van der Waals surface area contributed by atoms with Crippen molar-refractivity contribution in [3.05, 3.63) is 60.2 Å². The first-order valence-corrected chi connectivity index (χ1v) is 11.5. The predicted octanol–water partition coefficient (Wildman–Crippen LogP) is 6.24. The minimum Gasteiger partial charge on any atom is -0.465 e. The highest BCUT2D eigenvalue weighted by molar-refractivity contribution is 6.23. The standard InChI is InChI=1S/C28H30O4/c1-27(2)31-17-28(3,18-32-27)26(29)30-16-5-4-7-19-10-11-22-13-12-20-8-6-9-21-14-15-23(19)25(22)24(20)21/h6,8-15H,4-5,7,16-18H2,1-3H3. The molecule has 32 heavy (non-hydrogen) atoms. The molecule has 4 heteroatoms. The monoisotopic (exact) mass is 430 g/mol. The Morgan fingerprint density at radius 2 is 1.47 bits per heavy atom. The van der Waals surface area contributed by atoms with Gasteiger partial charge in [-0.1, -0.05) is 54.6 Å². The van der Waals surface area contributed by atoms with Gasteiger partial charge < -0.3 is 14.2 Å². The fraction of sp³-hybridized carbons (Fsp3) is 0.393. The minimum absolute atomic E-state index is 0.240. The molecule has 0 amide bonds. The van der Waals surface area contributed by atoms with E-state index in [-0.39, 0.29) is 5.97 Å². The summed E-state index contributed by atoms with van der Waals surface area (Å²) in [4.78, 5) is 12.6. The van der Waals surface area contributed by atoms with Gasteiger partial charge in [0.2, 0.25) is 0 Å². The van der Waals surface area contributed by atoms with E-state index in [1.165, 1.54) is 37.9 Å². The van der Waals surface area contributed by atoms with Gasteiger partial charge >= 0.3 is 5.97 Å². The van der Waals surface area contributed by atoms with E-state index in [1.807, 2.05) is 20.8 Å². The highest BCUT2D eigenvalue weighted by Crippen LogP contribution is 2.36. The zero-order valence-corrected chi connectivity index (χ0v) is 19.1. The third-order valence-corrected chi connectivity index (χ3v) is 6.66. The largest absolute Gasteiger partial charge is 0.465 e. The second kappa shape index (κ2) is 8.02. The Kier molecular flexibility index (Phi) is 5.31. The van der Waals surface area contributed by atoms with Gasteiger partial charge in [0.25, 0.3) is 0 Å². The highest BCUT2D eigenvalue weighted by Gasteiger charge is 2.43. The maximum Gasteiger partial charge on any atom is 0.316 e. The van der Waals surface area contributed by atoms with Gasteiger partial charge in [0.15, 0.2) is 5.79 Å². The number of unbranched alkanes of at least 4 members (excludes halogenated alkanes) is 1. The summed E-state index contributed by atoms with van der Waals surface area (Å²) in [7, 11) is 0. The van der Waals surface area contributed by atoms with E-state index in [2.05, 4.69) is 54.6 Å². The Balaban J connectivity index is 1.22. The van der Waals surface area contributed by atoms with Crippen LogP contribution in [0.15, 0.2) is 54.6 Å². The lowest BCUT2D eigenvalue weighted by Crippen LogP contribution is -2.49. The van der Waals surface area contributed by atoms with Gasteiger partial charge in [0.1, 0.15) is 5.41 Å². The summed E-state index contributed by atoms with van der Waals surface area (Å²) in [5.74, 6) is -0.878. The highest BCUT2D eigenvalue weighted by atomic mass is 16.7. The third kappa shape index (κ3) is 3.82.